The molecule has 148 valence electrons. The first kappa shape index (κ1) is 19.6. The van der Waals surface area contributed by atoms with Gasteiger partial charge in [-0.15, -0.1) is 0 Å². The van der Waals surface area contributed by atoms with Gasteiger partial charge < -0.3 is 5.32 Å². The second kappa shape index (κ2) is 6.77. The van der Waals surface area contributed by atoms with E-state index in [1.807, 2.05) is 20.8 Å². The van der Waals surface area contributed by atoms with Crippen molar-refractivity contribution in [3.05, 3.63) is 52.7 Å². The average molecular weight is 393 g/mol. The molecule has 3 rings (SSSR count). The summed E-state index contributed by atoms with van der Waals surface area (Å²) < 4.78 is 41.1. The third-order valence-electron chi connectivity index (χ3n) is 3.80. The first-order chi connectivity index (χ1) is 13.0. The Balaban J connectivity index is 1.98. The van der Waals surface area contributed by atoms with Crippen LogP contribution in [0.4, 0.5) is 13.2 Å². The molecule has 0 saturated heterocycles. The molecule has 0 bridgehead atoms. The first-order valence-corrected chi connectivity index (χ1v) is 8.37. The van der Waals surface area contributed by atoms with Crippen molar-refractivity contribution in [2.45, 2.75) is 39.0 Å². The van der Waals surface area contributed by atoms with Gasteiger partial charge in [0.05, 0.1) is 17.4 Å². The fraction of sp³-hybridized carbons (Fsp3) is 0.333. The molecular formula is C18H18F3N5O2. The largest absolute Gasteiger partial charge is 0.416 e. The fourth-order valence-electron chi connectivity index (χ4n) is 2.68. The van der Waals surface area contributed by atoms with Gasteiger partial charge in [0.2, 0.25) is 5.91 Å². The van der Waals surface area contributed by atoms with Crippen molar-refractivity contribution in [3.8, 4) is 5.69 Å². The lowest BCUT2D eigenvalue weighted by Crippen LogP contribution is -2.43. The van der Waals surface area contributed by atoms with Gasteiger partial charge in [0, 0.05) is 5.54 Å². The van der Waals surface area contributed by atoms with Crippen LogP contribution >= 0.6 is 0 Å². The number of alkyl halides is 3. The molecule has 2 heterocycles. The Morgan fingerprint density at radius 1 is 1.21 bits per heavy atom. The molecule has 3 aromatic rings. The number of rotatable bonds is 3. The topological polar surface area (TPSA) is 81.8 Å². The fourth-order valence-corrected chi connectivity index (χ4v) is 2.68. The van der Waals surface area contributed by atoms with Crippen LogP contribution in [-0.4, -0.2) is 30.8 Å². The number of carbonyl (C=O) groups is 1. The molecule has 1 amide bonds. The number of carbonyl (C=O) groups excluding carboxylic acids is 1. The minimum Gasteiger partial charge on any atom is -0.350 e. The number of benzene rings is 1. The van der Waals surface area contributed by atoms with Gasteiger partial charge in [-0.1, -0.05) is 6.07 Å². The van der Waals surface area contributed by atoms with E-state index in [4.69, 9.17) is 0 Å². The summed E-state index contributed by atoms with van der Waals surface area (Å²) in [4.78, 5) is 28.8. The van der Waals surface area contributed by atoms with Crippen LogP contribution in [0.25, 0.3) is 16.7 Å². The Kier molecular flexibility index (Phi) is 4.74. The summed E-state index contributed by atoms with van der Waals surface area (Å²) in [6, 6.07) is 4.56. The van der Waals surface area contributed by atoms with Crippen LogP contribution in [-0.2, 0) is 17.5 Å². The van der Waals surface area contributed by atoms with E-state index in [0.29, 0.717) is 0 Å². The third-order valence-corrected chi connectivity index (χ3v) is 3.80. The Bertz CT molecular complexity index is 1090. The summed E-state index contributed by atoms with van der Waals surface area (Å²) in [7, 11) is 0. The second-order valence-corrected chi connectivity index (χ2v) is 7.32. The summed E-state index contributed by atoms with van der Waals surface area (Å²) in [6.07, 6.45) is -2.10. The Morgan fingerprint density at radius 2 is 1.93 bits per heavy atom. The standard InChI is InChI=1S/C18H18F3N5O2/c1-17(2,3)24-14(27)9-25-10-22-15-13(16(25)28)8-23-26(15)12-6-4-5-11(7-12)18(19,20)21/h4-8,10H,9H2,1-3H3,(H,24,27). The number of fused-ring (bicyclic) bond motifs is 1. The molecule has 0 unspecified atom stereocenters. The molecule has 1 N–H and O–H groups in total. The number of hydrogen-bond acceptors (Lipinski definition) is 4. The number of amides is 1. The first-order valence-electron chi connectivity index (χ1n) is 8.37. The zero-order chi connectivity index (χ0) is 20.7. The second-order valence-electron chi connectivity index (χ2n) is 7.32. The number of aromatic nitrogens is 4. The van der Waals surface area contributed by atoms with Gasteiger partial charge in [-0.3, -0.25) is 14.2 Å². The number of halogens is 3. The van der Waals surface area contributed by atoms with Gasteiger partial charge in [-0.05, 0) is 39.0 Å². The molecule has 0 aliphatic rings. The molecule has 0 spiro atoms. The molecular weight excluding hydrogens is 375 g/mol. The Hall–Kier alpha value is -3.17. The lowest BCUT2D eigenvalue weighted by atomic mass is 10.1. The van der Waals surface area contributed by atoms with E-state index in [1.165, 1.54) is 24.7 Å². The van der Waals surface area contributed by atoms with E-state index in [-0.39, 0.29) is 29.2 Å². The van der Waals surface area contributed by atoms with Crippen LogP contribution in [0.5, 0.6) is 0 Å². The van der Waals surface area contributed by atoms with E-state index in [2.05, 4.69) is 15.4 Å². The predicted molar refractivity (Wildman–Crippen MR) is 96.0 cm³/mol. The smallest absolute Gasteiger partial charge is 0.350 e. The van der Waals surface area contributed by atoms with Crippen molar-refractivity contribution in [2.24, 2.45) is 0 Å². The van der Waals surface area contributed by atoms with E-state index in [1.54, 1.807) is 0 Å². The van der Waals surface area contributed by atoms with Crippen molar-refractivity contribution >= 4 is 16.9 Å². The molecule has 0 saturated carbocycles. The highest BCUT2D eigenvalue weighted by molar-refractivity contribution is 5.78. The molecule has 28 heavy (non-hydrogen) atoms. The third kappa shape index (κ3) is 4.05. The Labute approximate surface area is 157 Å². The predicted octanol–water partition coefficient (Wildman–Crippen LogP) is 2.52. The number of nitrogens with one attached hydrogen (secondary N) is 1. The van der Waals surface area contributed by atoms with Gasteiger partial charge >= 0.3 is 6.18 Å². The highest BCUT2D eigenvalue weighted by atomic mass is 19.4. The average Bonchev–Trinajstić information content (AvgIpc) is 3.00. The van der Waals surface area contributed by atoms with Crippen LogP contribution in [0, 0.1) is 0 Å². The maximum atomic E-state index is 12.9. The van der Waals surface area contributed by atoms with Crippen molar-refractivity contribution in [2.75, 3.05) is 0 Å². The lowest BCUT2D eigenvalue weighted by Gasteiger charge is -2.20. The van der Waals surface area contributed by atoms with Crippen LogP contribution in [0.1, 0.15) is 26.3 Å². The van der Waals surface area contributed by atoms with E-state index in [9.17, 15) is 22.8 Å². The minimum absolute atomic E-state index is 0.100. The van der Waals surface area contributed by atoms with Gasteiger partial charge in [0.15, 0.2) is 5.65 Å². The van der Waals surface area contributed by atoms with Crippen molar-refractivity contribution in [1.29, 1.82) is 0 Å². The summed E-state index contributed by atoms with van der Waals surface area (Å²) in [5.41, 5.74) is -1.56. The summed E-state index contributed by atoms with van der Waals surface area (Å²) in [6.45, 7) is 5.21. The van der Waals surface area contributed by atoms with Crippen LogP contribution < -0.4 is 10.9 Å². The maximum absolute atomic E-state index is 12.9. The minimum atomic E-state index is -4.50. The molecule has 0 fully saturated rings. The van der Waals surface area contributed by atoms with E-state index < -0.39 is 22.8 Å². The summed E-state index contributed by atoms with van der Waals surface area (Å²) >= 11 is 0. The van der Waals surface area contributed by atoms with Crippen molar-refractivity contribution in [3.63, 3.8) is 0 Å². The van der Waals surface area contributed by atoms with Gasteiger partial charge in [0.25, 0.3) is 5.56 Å². The van der Waals surface area contributed by atoms with Gasteiger partial charge in [0.1, 0.15) is 18.3 Å². The van der Waals surface area contributed by atoms with Crippen molar-refractivity contribution in [1.82, 2.24) is 24.6 Å². The monoisotopic (exact) mass is 393 g/mol. The molecule has 0 aliphatic heterocycles. The zero-order valence-corrected chi connectivity index (χ0v) is 15.4. The van der Waals surface area contributed by atoms with E-state index in [0.717, 1.165) is 21.4 Å². The molecule has 10 heteroatoms. The van der Waals surface area contributed by atoms with E-state index >= 15 is 0 Å². The number of hydrogen-bond donors (Lipinski definition) is 1. The van der Waals surface area contributed by atoms with Crippen LogP contribution in [0.2, 0.25) is 0 Å². The molecule has 0 aliphatic carbocycles. The lowest BCUT2D eigenvalue weighted by molar-refractivity contribution is -0.137. The molecule has 0 atom stereocenters. The molecule has 0 radical (unpaired) electrons. The molecule has 7 nitrogen and oxygen atoms in total. The SMILES string of the molecule is CC(C)(C)NC(=O)Cn1cnc2c(cnn2-c2cccc(C(F)(F)F)c2)c1=O. The molecule has 2 aromatic heterocycles. The van der Waals surface area contributed by atoms with Gasteiger partial charge in [-0.2, -0.15) is 18.3 Å². The summed E-state index contributed by atoms with van der Waals surface area (Å²) in [5, 5.41) is 6.84. The highest BCUT2D eigenvalue weighted by Crippen LogP contribution is 2.30. The van der Waals surface area contributed by atoms with Crippen LogP contribution in [0.3, 0.4) is 0 Å². The maximum Gasteiger partial charge on any atom is 0.416 e. The zero-order valence-electron chi connectivity index (χ0n) is 15.4. The quantitative estimate of drug-likeness (QED) is 0.741. The highest BCUT2D eigenvalue weighted by Gasteiger charge is 2.30. The normalized spacial score (nSPS) is 12.4. The number of nitrogens with zero attached hydrogens (tertiary/aromatic N) is 4. The summed E-state index contributed by atoms with van der Waals surface area (Å²) in [5.74, 6) is -0.360. The van der Waals surface area contributed by atoms with Gasteiger partial charge in [-0.25, -0.2) is 9.67 Å². The van der Waals surface area contributed by atoms with Crippen molar-refractivity contribution < 1.29 is 18.0 Å². The molecule has 1 aromatic carbocycles. The Morgan fingerprint density at radius 3 is 2.57 bits per heavy atom. The van der Waals surface area contributed by atoms with Crippen LogP contribution in [0.15, 0.2) is 41.6 Å².